The zero-order chi connectivity index (χ0) is 9.56. The number of nitrogens with zero attached hydrogens (tertiary/aromatic N) is 1. The molecule has 1 N–H and O–H groups in total. The number of hydrogen-bond acceptors (Lipinski definition) is 2. The van der Waals surface area contributed by atoms with Gasteiger partial charge in [0.05, 0.1) is 6.10 Å². The average Bonchev–Trinajstić information content (AvgIpc) is 2.00. The number of rotatable bonds is 5. The molecule has 0 fully saturated rings. The van der Waals surface area contributed by atoms with Gasteiger partial charge in [0.15, 0.2) is 0 Å². The van der Waals surface area contributed by atoms with Crippen LogP contribution in [0.2, 0.25) is 0 Å². The lowest BCUT2D eigenvalue weighted by Gasteiger charge is -2.12. The Morgan fingerprint density at radius 3 is 2.42 bits per heavy atom. The monoisotopic (exact) mass is 173 g/mol. The van der Waals surface area contributed by atoms with E-state index in [0.717, 1.165) is 12.8 Å². The smallest absolute Gasteiger partial charge is 0.222 e. The van der Waals surface area contributed by atoms with Crippen LogP contribution in [0.25, 0.3) is 0 Å². The van der Waals surface area contributed by atoms with E-state index < -0.39 is 0 Å². The Labute approximate surface area is 74.4 Å². The molecule has 0 aromatic rings. The molecule has 0 aromatic heterocycles. The summed E-state index contributed by atoms with van der Waals surface area (Å²) >= 11 is 0. The summed E-state index contributed by atoms with van der Waals surface area (Å²) in [5.41, 5.74) is 0. The first-order valence-electron chi connectivity index (χ1n) is 4.46. The lowest BCUT2D eigenvalue weighted by Crippen LogP contribution is -2.22. The summed E-state index contributed by atoms with van der Waals surface area (Å²) in [6, 6.07) is 0. The van der Waals surface area contributed by atoms with Crippen LogP contribution >= 0.6 is 0 Å². The maximum atomic E-state index is 11.1. The van der Waals surface area contributed by atoms with Crippen LogP contribution in [0.1, 0.15) is 32.6 Å². The molecule has 0 rings (SSSR count). The summed E-state index contributed by atoms with van der Waals surface area (Å²) < 4.78 is 0. The first kappa shape index (κ1) is 11.4. The van der Waals surface area contributed by atoms with Gasteiger partial charge in [-0.1, -0.05) is 13.3 Å². The Morgan fingerprint density at radius 2 is 2.00 bits per heavy atom. The van der Waals surface area contributed by atoms with E-state index in [1.165, 1.54) is 0 Å². The molecule has 0 heterocycles. The molecule has 0 bridgehead atoms. The van der Waals surface area contributed by atoms with Crippen molar-refractivity contribution >= 4 is 5.91 Å². The highest BCUT2D eigenvalue weighted by Crippen LogP contribution is 2.04. The second-order valence-corrected chi connectivity index (χ2v) is 3.27. The highest BCUT2D eigenvalue weighted by Gasteiger charge is 2.08. The van der Waals surface area contributed by atoms with Gasteiger partial charge in [-0.25, -0.2) is 0 Å². The van der Waals surface area contributed by atoms with Gasteiger partial charge in [0, 0.05) is 20.5 Å². The van der Waals surface area contributed by atoms with E-state index in [0.29, 0.717) is 12.8 Å². The van der Waals surface area contributed by atoms with Crippen molar-refractivity contribution in [3.05, 3.63) is 0 Å². The summed E-state index contributed by atoms with van der Waals surface area (Å²) in [7, 11) is 3.46. The van der Waals surface area contributed by atoms with Crippen molar-refractivity contribution in [1.82, 2.24) is 4.90 Å². The summed E-state index contributed by atoms with van der Waals surface area (Å²) in [6.07, 6.45) is 2.50. The topological polar surface area (TPSA) is 40.5 Å². The fourth-order valence-corrected chi connectivity index (χ4v) is 0.991. The van der Waals surface area contributed by atoms with Crippen molar-refractivity contribution < 1.29 is 9.90 Å². The highest BCUT2D eigenvalue weighted by molar-refractivity contribution is 5.75. The highest BCUT2D eigenvalue weighted by atomic mass is 16.3. The number of aliphatic hydroxyl groups is 1. The van der Waals surface area contributed by atoms with Gasteiger partial charge in [-0.15, -0.1) is 0 Å². The Hall–Kier alpha value is -0.570. The number of carbonyl (C=O) groups is 1. The normalized spacial score (nSPS) is 12.7. The predicted octanol–water partition coefficient (Wildman–Crippen LogP) is 1.02. The van der Waals surface area contributed by atoms with E-state index in [2.05, 4.69) is 0 Å². The largest absolute Gasteiger partial charge is 0.393 e. The van der Waals surface area contributed by atoms with Crippen molar-refractivity contribution in [2.24, 2.45) is 0 Å². The molecule has 3 nitrogen and oxygen atoms in total. The van der Waals surface area contributed by atoms with Crippen LogP contribution in [0.4, 0.5) is 0 Å². The Kier molecular flexibility index (Phi) is 5.72. The first-order valence-corrected chi connectivity index (χ1v) is 4.46. The molecule has 12 heavy (non-hydrogen) atoms. The third-order valence-corrected chi connectivity index (χ3v) is 1.81. The van der Waals surface area contributed by atoms with E-state index in [9.17, 15) is 9.90 Å². The van der Waals surface area contributed by atoms with Crippen molar-refractivity contribution in [1.29, 1.82) is 0 Å². The summed E-state index contributed by atoms with van der Waals surface area (Å²) in [6.45, 7) is 2.02. The van der Waals surface area contributed by atoms with E-state index >= 15 is 0 Å². The van der Waals surface area contributed by atoms with E-state index in [4.69, 9.17) is 0 Å². The summed E-state index contributed by atoms with van der Waals surface area (Å²) in [5, 5.41) is 9.31. The zero-order valence-electron chi connectivity index (χ0n) is 8.21. The summed E-state index contributed by atoms with van der Waals surface area (Å²) in [5.74, 6) is 0.0881. The van der Waals surface area contributed by atoms with Crippen LogP contribution < -0.4 is 0 Å². The van der Waals surface area contributed by atoms with E-state index in [1.807, 2.05) is 6.92 Å². The predicted molar refractivity (Wildman–Crippen MR) is 48.8 cm³/mol. The maximum Gasteiger partial charge on any atom is 0.222 e. The third kappa shape index (κ3) is 5.13. The van der Waals surface area contributed by atoms with Gasteiger partial charge in [0.25, 0.3) is 0 Å². The molecule has 0 aliphatic heterocycles. The van der Waals surface area contributed by atoms with Gasteiger partial charge in [-0.05, 0) is 12.8 Å². The average molecular weight is 173 g/mol. The maximum absolute atomic E-state index is 11.1. The molecule has 0 aliphatic carbocycles. The zero-order valence-corrected chi connectivity index (χ0v) is 8.21. The molecular formula is C9H19NO2. The molecule has 0 aromatic carbocycles. The number of hydrogen-bond donors (Lipinski definition) is 1. The second-order valence-electron chi connectivity index (χ2n) is 3.27. The van der Waals surface area contributed by atoms with Crippen LogP contribution in [0, 0.1) is 0 Å². The summed E-state index contributed by atoms with van der Waals surface area (Å²) in [4.78, 5) is 12.6. The standard InChI is InChI=1S/C9H19NO2/c1-4-5-8(11)6-7-9(12)10(2)3/h8,11H,4-7H2,1-3H3. The molecule has 0 saturated carbocycles. The van der Waals surface area contributed by atoms with Gasteiger partial charge < -0.3 is 10.0 Å². The van der Waals surface area contributed by atoms with Crippen LogP contribution in [0.15, 0.2) is 0 Å². The molecule has 1 amide bonds. The number of aliphatic hydroxyl groups excluding tert-OH is 1. The van der Waals surface area contributed by atoms with Crippen molar-refractivity contribution in [2.75, 3.05) is 14.1 Å². The fraction of sp³-hybridized carbons (Fsp3) is 0.889. The van der Waals surface area contributed by atoms with Crippen molar-refractivity contribution in [2.45, 2.75) is 38.7 Å². The van der Waals surface area contributed by atoms with Crippen LogP contribution in [-0.4, -0.2) is 36.1 Å². The molecular weight excluding hydrogens is 154 g/mol. The van der Waals surface area contributed by atoms with Crippen molar-refractivity contribution in [3.8, 4) is 0 Å². The van der Waals surface area contributed by atoms with E-state index in [-0.39, 0.29) is 12.0 Å². The number of amides is 1. The lowest BCUT2D eigenvalue weighted by atomic mass is 10.1. The number of carbonyl (C=O) groups excluding carboxylic acids is 1. The Balaban J connectivity index is 3.47. The minimum absolute atomic E-state index is 0.0881. The van der Waals surface area contributed by atoms with Gasteiger partial charge in [0.1, 0.15) is 0 Å². The van der Waals surface area contributed by atoms with Gasteiger partial charge in [-0.2, -0.15) is 0 Å². The lowest BCUT2D eigenvalue weighted by molar-refractivity contribution is -0.129. The van der Waals surface area contributed by atoms with Crippen LogP contribution in [0.5, 0.6) is 0 Å². The third-order valence-electron chi connectivity index (χ3n) is 1.81. The molecule has 1 unspecified atom stereocenters. The molecule has 1 atom stereocenters. The van der Waals surface area contributed by atoms with E-state index in [1.54, 1.807) is 19.0 Å². The molecule has 0 saturated heterocycles. The fourth-order valence-electron chi connectivity index (χ4n) is 0.991. The quantitative estimate of drug-likeness (QED) is 0.674. The molecule has 72 valence electrons. The molecule has 0 spiro atoms. The first-order chi connectivity index (χ1) is 5.57. The van der Waals surface area contributed by atoms with Gasteiger partial charge >= 0.3 is 0 Å². The SMILES string of the molecule is CCCC(O)CCC(=O)N(C)C. The Bertz CT molecular complexity index is 134. The van der Waals surface area contributed by atoms with Gasteiger partial charge in [0.2, 0.25) is 5.91 Å². The van der Waals surface area contributed by atoms with Gasteiger partial charge in [-0.3, -0.25) is 4.79 Å². The Morgan fingerprint density at radius 1 is 1.42 bits per heavy atom. The molecule has 0 aliphatic rings. The molecule has 0 radical (unpaired) electrons. The van der Waals surface area contributed by atoms with Crippen LogP contribution in [-0.2, 0) is 4.79 Å². The minimum atomic E-state index is -0.307. The minimum Gasteiger partial charge on any atom is -0.393 e. The van der Waals surface area contributed by atoms with Crippen LogP contribution in [0.3, 0.4) is 0 Å². The second kappa shape index (κ2) is 6.00. The molecule has 3 heteroatoms. The van der Waals surface area contributed by atoms with Crippen molar-refractivity contribution in [3.63, 3.8) is 0 Å².